The molecule has 1 saturated carbocycles. The third-order valence-electron chi connectivity index (χ3n) is 4.13. The number of hydrogen-bond donors (Lipinski definition) is 0. The summed E-state index contributed by atoms with van der Waals surface area (Å²) in [6.07, 6.45) is 4.33. The van der Waals surface area contributed by atoms with Gasteiger partial charge in [0, 0.05) is 25.9 Å². The van der Waals surface area contributed by atoms with E-state index in [0.717, 1.165) is 45.2 Å². The molecule has 1 saturated heterocycles. The molecule has 0 bridgehead atoms. The Balaban J connectivity index is 1.83. The highest BCUT2D eigenvalue weighted by molar-refractivity contribution is 5.79. The molecule has 2 aliphatic rings. The Labute approximate surface area is 115 Å². The first kappa shape index (κ1) is 14.4. The number of Topliss-reactive ketones (excluding diaryl/α,β-unsaturated/α-hetero) is 1. The summed E-state index contributed by atoms with van der Waals surface area (Å²) in [7, 11) is 0. The van der Waals surface area contributed by atoms with E-state index in [1.54, 1.807) is 0 Å². The van der Waals surface area contributed by atoms with Crippen molar-refractivity contribution < 1.29 is 14.3 Å². The predicted molar refractivity (Wildman–Crippen MR) is 72.9 cm³/mol. The van der Waals surface area contributed by atoms with Gasteiger partial charge in [0.15, 0.2) is 0 Å². The lowest BCUT2D eigenvalue weighted by Gasteiger charge is -2.28. The Bertz CT molecular complexity index is 349. The maximum absolute atomic E-state index is 12.0. The lowest BCUT2D eigenvalue weighted by atomic mass is 9.79. The number of nitrogens with zero attached hydrogens (tertiary/aromatic N) is 1. The van der Waals surface area contributed by atoms with Crippen molar-refractivity contribution >= 4 is 11.9 Å². The predicted octanol–water partition coefficient (Wildman–Crippen LogP) is 3.00. The van der Waals surface area contributed by atoms with Crippen molar-refractivity contribution in [3.63, 3.8) is 0 Å². The lowest BCUT2D eigenvalue weighted by molar-refractivity contribution is -0.121. The van der Waals surface area contributed by atoms with Gasteiger partial charge >= 0.3 is 6.09 Å². The largest absolute Gasteiger partial charge is 0.444 e. The molecule has 1 atom stereocenters. The number of carbonyl (C=O) groups excluding carboxylic acids is 2. The molecule has 0 N–H and O–H groups in total. The smallest absolute Gasteiger partial charge is 0.410 e. The van der Waals surface area contributed by atoms with Crippen molar-refractivity contribution in [2.45, 2.75) is 58.5 Å². The Morgan fingerprint density at radius 2 is 1.79 bits per heavy atom. The van der Waals surface area contributed by atoms with Crippen molar-refractivity contribution in [1.82, 2.24) is 4.90 Å². The van der Waals surface area contributed by atoms with Crippen LogP contribution in [0.3, 0.4) is 0 Å². The van der Waals surface area contributed by atoms with Crippen LogP contribution in [0.1, 0.15) is 52.9 Å². The van der Waals surface area contributed by atoms with E-state index in [2.05, 4.69) is 0 Å². The van der Waals surface area contributed by atoms with Gasteiger partial charge in [-0.3, -0.25) is 4.79 Å². The number of ketones is 1. The summed E-state index contributed by atoms with van der Waals surface area (Å²) in [4.78, 5) is 25.1. The van der Waals surface area contributed by atoms with E-state index in [1.807, 2.05) is 25.7 Å². The first-order valence-corrected chi connectivity index (χ1v) is 7.35. The molecule has 4 nitrogen and oxygen atoms in total. The Hall–Kier alpha value is -1.06. The summed E-state index contributed by atoms with van der Waals surface area (Å²) in [5.74, 6) is 1.57. The normalized spacial score (nSPS) is 25.7. The molecule has 0 aromatic rings. The fraction of sp³-hybridized carbons (Fsp3) is 0.867. The number of carbonyl (C=O) groups is 2. The third-order valence-corrected chi connectivity index (χ3v) is 4.13. The quantitative estimate of drug-likeness (QED) is 0.733. The van der Waals surface area contributed by atoms with E-state index in [9.17, 15) is 9.59 Å². The maximum Gasteiger partial charge on any atom is 0.410 e. The van der Waals surface area contributed by atoms with Gasteiger partial charge in [-0.05, 0) is 51.9 Å². The van der Waals surface area contributed by atoms with Crippen molar-refractivity contribution in [3.8, 4) is 0 Å². The third kappa shape index (κ3) is 3.95. The summed E-state index contributed by atoms with van der Waals surface area (Å²) in [5.41, 5.74) is -0.424. The molecule has 1 unspecified atom stereocenters. The summed E-state index contributed by atoms with van der Waals surface area (Å²) in [6, 6.07) is 0. The van der Waals surface area contributed by atoms with E-state index in [0.29, 0.717) is 17.6 Å². The number of likely N-dealkylation sites (tertiary alicyclic amines) is 1. The molecule has 2 fully saturated rings. The molecule has 2 rings (SSSR count). The average molecular weight is 267 g/mol. The molecule has 0 aromatic heterocycles. The van der Waals surface area contributed by atoms with Crippen LogP contribution >= 0.6 is 0 Å². The van der Waals surface area contributed by atoms with Crippen molar-refractivity contribution in [2.24, 2.45) is 11.8 Å². The van der Waals surface area contributed by atoms with Crippen LogP contribution < -0.4 is 0 Å². The van der Waals surface area contributed by atoms with Gasteiger partial charge in [-0.2, -0.15) is 0 Å². The molecular formula is C15H25NO3. The van der Waals surface area contributed by atoms with Crippen LogP contribution in [0.25, 0.3) is 0 Å². The van der Waals surface area contributed by atoms with E-state index in [4.69, 9.17) is 4.74 Å². The lowest BCUT2D eigenvalue weighted by Crippen LogP contribution is -2.36. The standard InChI is InChI=1S/C15H25NO3/c1-15(2,3)19-14(18)16-9-8-12(10-16)11-4-6-13(17)7-5-11/h11-12H,4-10H2,1-3H3. The van der Waals surface area contributed by atoms with E-state index >= 15 is 0 Å². The highest BCUT2D eigenvalue weighted by atomic mass is 16.6. The Morgan fingerprint density at radius 1 is 1.16 bits per heavy atom. The second kappa shape index (κ2) is 5.51. The van der Waals surface area contributed by atoms with Gasteiger partial charge in [0.05, 0.1) is 0 Å². The summed E-state index contributed by atoms with van der Waals surface area (Å²) < 4.78 is 5.41. The van der Waals surface area contributed by atoms with Crippen LogP contribution in [-0.2, 0) is 9.53 Å². The summed E-state index contributed by atoms with van der Waals surface area (Å²) in [6.45, 7) is 7.28. The molecule has 4 heteroatoms. The van der Waals surface area contributed by atoms with Crippen molar-refractivity contribution in [1.29, 1.82) is 0 Å². The molecule has 0 aromatic carbocycles. The molecule has 108 valence electrons. The van der Waals surface area contributed by atoms with Crippen LogP contribution in [0.4, 0.5) is 4.79 Å². The topological polar surface area (TPSA) is 46.6 Å². The van der Waals surface area contributed by atoms with Crippen LogP contribution in [0, 0.1) is 11.8 Å². The molecule has 0 radical (unpaired) electrons. The SMILES string of the molecule is CC(C)(C)OC(=O)N1CCC(C2CCC(=O)CC2)C1. The molecule has 1 heterocycles. The number of ether oxygens (including phenoxy) is 1. The molecular weight excluding hydrogens is 242 g/mol. The summed E-state index contributed by atoms with van der Waals surface area (Å²) in [5, 5.41) is 0. The van der Waals surface area contributed by atoms with E-state index in [1.165, 1.54) is 0 Å². The van der Waals surface area contributed by atoms with Gasteiger partial charge in [0.2, 0.25) is 0 Å². The highest BCUT2D eigenvalue weighted by Crippen LogP contribution is 2.34. The van der Waals surface area contributed by atoms with Gasteiger partial charge < -0.3 is 9.64 Å². The van der Waals surface area contributed by atoms with Crippen LogP contribution in [-0.4, -0.2) is 35.5 Å². The zero-order chi connectivity index (χ0) is 14.0. The molecule has 1 aliphatic heterocycles. The minimum atomic E-state index is -0.424. The Morgan fingerprint density at radius 3 is 2.37 bits per heavy atom. The number of hydrogen-bond acceptors (Lipinski definition) is 3. The molecule has 1 amide bonds. The van der Waals surface area contributed by atoms with Crippen LogP contribution in [0.15, 0.2) is 0 Å². The zero-order valence-corrected chi connectivity index (χ0v) is 12.3. The van der Waals surface area contributed by atoms with Gasteiger partial charge in [-0.15, -0.1) is 0 Å². The maximum atomic E-state index is 12.0. The molecule has 0 spiro atoms. The summed E-state index contributed by atoms with van der Waals surface area (Å²) >= 11 is 0. The van der Waals surface area contributed by atoms with Gasteiger partial charge in [-0.25, -0.2) is 4.79 Å². The average Bonchev–Trinajstić information content (AvgIpc) is 2.77. The van der Waals surface area contributed by atoms with E-state index < -0.39 is 5.60 Å². The molecule has 19 heavy (non-hydrogen) atoms. The van der Waals surface area contributed by atoms with Crippen molar-refractivity contribution in [2.75, 3.05) is 13.1 Å². The van der Waals surface area contributed by atoms with Gasteiger partial charge in [0.25, 0.3) is 0 Å². The second-order valence-corrected chi connectivity index (χ2v) is 6.85. The van der Waals surface area contributed by atoms with Gasteiger partial charge in [-0.1, -0.05) is 0 Å². The monoisotopic (exact) mass is 267 g/mol. The first-order valence-electron chi connectivity index (χ1n) is 7.35. The number of rotatable bonds is 1. The zero-order valence-electron chi connectivity index (χ0n) is 12.3. The minimum Gasteiger partial charge on any atom is -0.444 e. The highest BCUT2D eigenvalue weighted by Gasteiger charge is 2.35. The Kier molecular flexibility index (Phi) is 4.16. The fourth-order valence-electron chi connectivity index (χ4n) is 3.10. The van der Waals surface area contributed by atoms with Crippen LogP contribution in [0.2, 0.25) is 0 Å². The second-order valence-electron chi connectivity index (χ2n) is 6.85. The fourth-order valence-corrected chi connectivity index (χ4v) is 3.10. The molecule has 1 aliphatic carbocycles. The minimum absolute atomic E-state index is 0.193. The van der Waals surface area contributed by atoms with Crippen molar-refractivity contribution in [3.05, 3.63) is 0 Å². The van der Waals surface area contributed by atoms with E-state index in [-0.39, 0.29) is 6.09 Å². The van der Waals surface area contributed by atoms with Gasteiger partial charge in [0.1, 0.15) is 11.4 Å². The first-order chi connectivity index (χ1) is 8.85. The van der Waals surface area contributed by atoms with Crippen LogP contribution in [0.5, 0.6) is 0 Å². The number of amides is 1.